The van der Waals surface area contributed by atoms with E-state index in [9.17, 15) is 13.2 Å². The molecule has 0 aliphatic rings. The first-order chi connectivity index (χ1) is 6.82. The van der Waals surface area contributed by atoms with Crippen LogP contribution in [0.25, 0.3) is 0 Å². The largest absolute Gasteiger partial charge is 0.507 e. The molecule has 0 radical (unpaired) electrons. The summed E-state index contributed by atoms with van der Waals surface area (Å²) in [7, 11) is -0.752. The van der Waals surface area contributed by atoms with Gasteiger partial charge >= 0.3 is 13.3 Å². The Bertz CT molecular complexity index is 312. The van der Waals surface area contributed by atoms with Gasteiger partial charge < -0.3 is 10.0 Å². The quantitative estimate of drug-likeness (QED) is 0.667. The molecule has 4 nitrogen and oxygen atoms in total. The first kappa shape index (κ1) is 14.0. The SMILES string of the molecule is CC.Cn1nc(C(F)(F)F)cc1B(O)O. The van der Waals surface area contributed by atoms with Gasteiger partial charge in [-0.15, -0.1) is 0 Å². The summed E-state index contributed by atoms with van der Waals surface area (Å²) in [5, 5.41) is 20.3. The molecule has 86 valence electrons. The zero-order chi connectivity index (χ0) is 12.2. The van der Waals surface area contributed by atoms with E-state index in [2.05, 4.69) is 5.10 Å². The molecule has 0 atom stereocenters. The van der Waals surface area contributed by atoms with Crippen LogP contribution in [-0.4, -0.2) is 26.9 Å². The van der Waals surface area contributed by atoms with Crippen LogP contribution in [0.3, 0.4) is 0 Å². The fourth-order valence-corrected chi connectivity index (χ4v) is 0.862. The predicted octanol–water partition coefficient (Wildman–Crippen LogP) is 0.145. The Morgan fingerprint density at radius 3 is 2.00 bits per heavy atom. The Kier molecular flexibility index (Phi) is 4.82. The summed E-state index contributed by atoms with van der Waals surface area (Å²) in [4.78, 5) is 0. The molecule has 0 aliphatic heterocycles. The van der Waals surface area contributed by atoms with E-state index in [1.807, 2.05) is 13.8 Å². The summed E-state index contributed by atoms with van der Waals surface area (Å²) in [6.07, 6.45) is -4.56. The van der Waals surface area contributed by atoms with Gasteiger partial charge in [0.2, 0.25) is 0 Å². The van der Waals surface area contributed by atoms with E-state index in [1.54, 1.807) is 0 Å². The summed E-state index contributed by atoms with van der Waals surface area (Å²) in [5.74, 6) is 0. The Balaban J connectivity index is 0.000000921. The van der Waals surface area contributed by atoms with E-state index in [1.165, 1.54) is 7.05 Å². The van der Waals surface area contributed by atoms with Crippen LogP contribution in [-0.2, 0) is 13.2 Å². The highest BCUT2D eigenvalue weighted by Crippen LogP contribution is 2.26. The molecule has 0 amide bonds. The van der Waals surface area contributed by atoms with E-state index in [0.29, 0.717) is 6.07 Å². The van der Waals surface area contributed by atoms with Crippen LogP contribution in [0, 0.1) is 0 Å². The van der Waals surface area contributed by atoms with Crippen molar-refractivity contribution in [1.82, 2.24) is 9.78 Å². The number of aryl methyl sites for hydroxylation is 1. The molecule has 8 heteroatoms. The van der Waals surface area contributed by atoms with Gasteiger partial charge in [-0.1, -0.05) is 13.8 Å². The van der Waals surface area contributed by atoms with Crippen molar-refractivity contribution in [1.29, 1.82) is 0 Å². The van der Waals surface area contributed by atoms with Crippen molar-refractivity contribution in [3.8, 4) is 0 Å². The van der Waals surface area contributed by atoms with Gasteiger partial charge in [-0.25, -0.2) is 0 Å². The van der Waals surface area contributed by atoms with Gasteiger partial charge in [0.1, 0.15) is 0 Å². The van der Waals surface area contributed by atoms with Gasteiger partial charge in [0.15, 0.2) is 5.69 Å². The van der Waals surface area contributed by atoms with Gasteiger partial charge in [-0.3, -0.25) is 4.68 Å². The number of halogens is 3. The van der Waals surface area contributed by atoms with Crippen LogP contribution in [0.15, 0.2) is 6.07 Å². The predicted molar refractivity (Wildman–Crippen MR) is 49.4 cm³/mol. The highest BCUT2D eigenvalue weighted by Gasteiger charge is 2.35. The molecule has 2 N–H and O–H groups in total. The van der Waals surface area contributed by atoms with Crippen molar-refractivity contribution in [3.63, 3.8) is 0 Å². The fraction of sp³-hybridized carbons (Fsp3) is 0.571. The standard InChI is InChI=1S/C5H6BF3N2O2.C2H6/c1-11-4(6(12)13)2-3(10-11)5(7,8)9;1-2/h2,12-13H,1H3;1-2H3. The average molecular weight is 224 g/mol. The highest BCUT2D eigenvalue weighted by molar-refractivity contribution is 6.57. The number of hydrogen-bond donors (Lipinski definition) is 2. The summed E-state index contributed by atoms with van der Waals surface area (Å²) < 4.78 is 36.8. The third-order valence-electron chi connectivity index (χ3n) is 1.47. The molecule has 15 heavy (non-hydrogen) atoms. The molecular weight excluding hydrogens is 212 g/mol. The minimum absolute atomic E-state index is 0.299. The van der Waals surface area contributed by atoms with Gasteiger partial charge in [0, 0.05) is 7.05 Å². The zero-order valence-electron chi connectivity index (χ0n) is 8.58. The monoisotopic (exact) mass is 224 g/mol. The van der Waals surface area contributed by atoms with Crippen LogP contribution in [0.5, 0.6) is 0 Å². The second kappa shape index (κ2) is 5.17. The smallest absolute Gasteiger partial charge is 0.422 e. The van der Waals surface area contributed by atoms with E-state index in [4.69, 9.17) is 10.0 Å². The van der Waals surface area contributed by atoms with E-state index < -0.39 is 19.0 Å². The Morgan fingerprint density at radius 1 is 1.33 bits per heavy atom. The van der Waals surface area contributed by atoms with Crippen molar-refractivity contribution < 1.29 is 23.2 Å². The molecule has 1 aromatic heterocycles. The number of rotatable bonds is 1. The lowest BCUT2D eigenvalue weighted by Gasteiger charge is -1.99. The van der Waals surface area contributed by atoms with Crippen LogP contribution < -0.4 is 5.59 Å². The molecule has 1 aromatic rings. The van der Waals surface area contributed by atoms with Crippen molar-refractivity contribution in [2.45, 2.75) is 20.0 Å². The molecule has 0 aliphatic carbocycles. The molecule has 1 rings (SSSR count). The third kappa shape index (κ3) is 3.56. The molecule has 0 fully saturated rings. The second-order valence-corrected chi connectivity index (χ2v) is 2.45. The van der Waals surface area contributed by atoms with Crippen LogP contribution >= 0.6 is 0 Å². The van der Waals surface area contributed by atoms with E-state index in [0.717, 1.165) is 4.68 Å². The molecule has 0 bridgehead atoms. The molecule has 0 aromatic carbocycles. The molecule has 0 unspecified atom stereocenters. The summed E-state index contributed by atoms with van der Waals surface area (Å²) in [6.45, 7) is 4.00. The Morgan fingerprint density at radius 2 is 1.80 bits per heavy atom. The first-order valence-electron chi connectivity index (χ1n) is 4.29. The topological polar surface area (TPSA) is 58.3 Å². The minimum Gasteiger partial charge on any atom is -0.422 e. The molecule has 0 saturated carbocycles. The van der Waals surface area contributed by atoms with Crippen molar-refractivity contribution in [2.75, 3.05) is 0 Å². The maximum absolute atomic E-state index is 12.0. The van der Waals surface area contributed by atoms with Gasteiger partial charge in [0.05, 0.1) is 5.59 Å². The first-order valence-corrected chi connectivity index (χ1v) is 4.29. The summed E-state index contributed by atoms with van der Waals surface area (Å²) in [6, 6.07) is 0.588. The van der Waals surface area contributed by atoms with Gasteiger partial charge in [0.25, 0.3) is 0 Å². The number of alkyl halides is 3. The lowest BCUT2D eigenvalue weighted by atomic mass is 9.86. The van der Waals surface area contributed by atoms with E-state index in [-0.39, 0.29) is 5.59 Å². The maximum Gasteiger partial charge on any atom is 0.507 e. The van der Waals surface area contributed by atoms with Crippen molar-refractivity contribution in [3.05, 3.63) is 11.8 Å². The highest BCUT2D eigenvalue weighted by atomic mass is 19.4. The lowest BCUT2D eigenvalue weighted by Crippen LogP contribution is -2.35. The third-order valence-corrected chi connectivity index (χ3v) is 1.47. The fourth-order valence-electron chi connectivity index (χ4n) is 0.862. The Labute approximate surface area is 85.5 Å². The molecule has 0 spiro atoms. The summed E-state index contributed by atoms with van der Waals surface area (Å²) in [5.41, 5.74) is -1.44. The van der Waals surface area contributed by atoms with Gasteiger partial charge in [-0.05, 0) is 6.07 Å². The second-order valence-electron chi connectivity index (χ2n) is 2.45. The molecule has 0 saturated heterocycles. The maximum atomic E-state index is 12.0. The normalized spacial score (nSPS) is 10.7. The number of nitrogens with zero attached hydrogens (tertiary/aromatic N) is 2. The molecular formula is C7H12BF3N2O2. The van der Waals surface area contributed by atoms with Crippen LogP contribution in [0.4, 0.5) is 13.2 Å². The number of hydrogen-bond acceptors (Lipinski definition) is 3. The van der Waals surface area contributed by atoms with Crippen LogP contribution in [0.2, 0.25) is 0 Å². The van der Waals surface area contributed by atoms with Gasteiger partial charge in [-0.2, -0.15) is 18.3 Å². The number of aromatic nitrogens is 2. The lowest BCUT2D eigenvalue weighted by molar-refractivity contribution is -0.141. The average Bonchev–Trinajstić information content (AvgIpc) is 2.50. The minimum atomic E-state index is -4.56. The molecule has 1 heterocycles. The van der Waals surface area contributed by atoms with Crippen molar-refractivity contribution in [2.24, 2.45) is 7.05 Å². The zero-order valence-corrected chi connectivity index (χ0v) is 8.58. The summed E-state index contributed by atoms with van der Waals surface area (Å²) >= 11 is 0. The van der Waals surface area contributed by atoms with Crippen LogP contribution in [0.1, 0.15) is 19.5 Å². The van der Waals surface area contributed by atoms with E-state index >= 15 is 0 Å². The Hall–Kier alpha value is -1.02. The van der Waals surface area contributed by atoms with Crippen molar-refractivity contribution >= 4 is 12.7 Å².